The third-order valence-electron chi connectivity index (χ3n) is 5.36. The van der Waals surface area contributed by atoms with Crippen LogP contribution in [0, 0.1) is 0 Å². The van der Waals surface area contributed by atoms with Crippen LogP contribution in [0.2, 0.25) is 5.02 Å². The van der Waals surface area contributed by atoms with Gasteiger partial charge in [0.2, 0.25) is 11.7 Å². The minimum atomic E-state index is 0. The normalized spacial score (nSPS) is 18.3. The molecule has 4 rings (SSSR count). The van der Waals surface area contributed by atoms with Crippen molar-refractivity contribution in [2.75, 3.05) is 26.7 Å². The van der Waals surface area contributed by atoms with Crippen LogP contribution in [0.15, 0.2) is 33.8 Å². The van der Waals surface area contributed by atoms with E-state index in [-0.39, 0.29) is 24.0 Å². The SMILES string of the molecule is CN=C(NCCc1nc(-c2ccc(Cl)cc2)no1)NC1CCN(C2CC2)CC1.I. The first-order valence-corrected chi connectivity index (χ1v) is 10.4. The zero-order chi connectivity index (χ0) is 19.3. The summed E-state index contributed by atoms with van der Waals surface area (Å²) in [7, 11) is 1.81. The second-order valence-corrected chi connectivity index (χ2v) is 7.89. The Balaban J connectivity index is 0.00000240. The van der Waals surface area contributed by atoms with Crippen molar-refractivity contribution < 1.29 is 4.52 Å². The van der Waals surface area contributed by atoms with Crippen LogP contribution in [0.3, 0.4) is 0 Å². The molecular weight excluding hydrogens is 503 g/mol. The molecule has 1 aliphatic heterocycles. The van der Waals surface area contributed by atoms with Crippen molar-refractivity contribution in [1.29, 1.82) is 0 Å². The van der Waals surface area contributed by atoms with Gasteiger partial charge < -0.3 is 20.1 Å². The van der Waals surface area contributed by atoms with Crippen molar-refractivity contribution in [2.24, 2.45) is 4.99 Å². The molecule has 1 aliphatic carbocycles. The number of halogens is 2. The van der Waals surface area contributed by atoms with Crippen LogP contribution in [-0.2, 0) is 6.42 Å². The molecule has 0 bridgehead atoms. The Morgan fingerprint density at radius 2 is 1.93 bits per heavy atom. The largest absolute Gasteiger partial charge is 0.356 e. The maximum atomic E-state index is 5.92. The molecule has 2 fully saturated rings. The Morgan fingerprint density at radius 1 is 1.21 bits per heavy atom. The predicted octanol–water partition coefficient (Wildman–Crippen LogP) is 3.34. The van der Waals surface area contributed by atoms with Gasteiger partial charge in [-0.25, -0.2) is 0 Å². The van der Waals surface area contributed by atoms with Gasteiger partial charge in [-0.05, 0) is 49.9 Å². The highest BCUT2D eigenvalue weighted by Gasteiger charge is 2.31. The summed E-state index contributed by atoms with van der Waals surface area (Å²) in [5.74, 6) is 2.02. The molecule has 2 aromatic rings. The van der Waals surface area contributed by atoms with Gasteiger partial charge in [-0.15, -0.1) is 24.0 Å². The smallest absolute Gasteiger partial charge is 0.228 e. The molecule has 29 heavy (non-hydrogen) atoms. The summed E-state index contributed by atoms with van der Waals surface area (Å²) in [6, 6.07) is 8.76. The van der Waals surface area contributed by atoms with Crippen molar-refractivity contribution in [3.8, 4) is 11.4 Å². The van der Waals surface area contributed by atoms with Gasteiger partial charge in [0, 0.05) is 55.8 Å². The first-order valence-electron chi connectivity index (χ1n) is 10.0. The molecule has 0 radical (unpaired) electrons. The Morgan fingerprint density at radius 3 is 2.59 bits per heavy atom. The van der Waals surface area contributed by atoms with E-state index in [2.05, 4.69) is 30.7 Å². The highest BCUT2D eigenvalue weighted by molar-refractivity contribution is 14.0. The Bertz CT molecular complexity index is 800. The van der Waals surface area contributed by atoms with Gasteiger partial charge in [0.1, 0.15) is 0 Å². The van der Waals surface area contributed by atoms with Gasteiger partial charge in [0.05, 0.1) is 0 Å². The lowest BCUT2D eigenvalue weighted by Crippen LogP contribution is -2.49. The summed E-state index contributed by atoms with van der Waals surface area (Å²) >= 11 is 5.92. The highest BCUT2D eigenvalue weighted by atomic mass is 127. The fourth-order valence-corrected chi connectivity index (χ4v) is 3.72. The quantitative estimate of drug-likeness (QED) is 0.339. The first-order chi connectivity index (χ1) is 13.7. The van der Waals surface area contributed by atoms with E-state index in [1.165, 1.54) is 38.8 Å². The summed E-state index contributed by atoms with van der Waals surface area (Å²) in [6.07, 6.45) is 5.76. The molecule has 1 aromatic heterocycles. The van der Waals surface area contributed by atoms with E-state index >= 15 is 0 Å². The number of nitrogens with zero attached hydrogens (tertiary/aromatic N) is 4. The van der Waals surface area contributed by atoms with E-state index in [1.807, 2.05) is 24.3 Å². The lowest BCUT2D eigenvalue weighted by molar-refractivity contribution is 0.197. The van der Waals surface area contributed by atoms with Crippen molar-refractivity contribution >= 4 is 41.5 Å². The van der Waals surface area contributed by atoms with Gasteiger partial charge in [0.25, 0.3) is 0 Å². The Labute approximate surface area is 193 Å². The predicted molar refractivity (Wildman–Crippen MR) is 126 cm³/mol. The van der Waals surface area contributed by atoms with E-state index in [9.17, 15) is 0 Å². The fraction of sp³-hybridized carbons (Fsp3) is 0.550. The molecule has 1 saturated carbocycles. The van der Waals surface area contributed by atoms with Gasteiger partial charge in [-0.2, -0.15) is 4.98 Å². The number of guanidine groups is 1. The molecule has 7 nitrogen and oxygen atoms in total. The number of likely N-dealkylation sites (tertiary alicyclic amines) is 1. The molecular formula is C20H28ClIN6O. The van der Waals surface area contributed by atoms with E-state index < -0.39 is 0 Å². The molecule has 1 aromatic carbocycles. The molecule has 0 spiro atoms. The molecule has 2 N–H and O–H groups in total. The topological polar surface area (TPSA) is 78.6 Å². The molecule has 0 amide bonds. The summed E-state index contributed by atoms with van der Waals surface area (Å²) in [6.45, 7) is 3.06. The van der Waals surface area contributed by atoms with Crippen LogP contribution in [0.5, 0.6) is 0 Å². The monoisotopic (exact) mass is 530 g/mol. The van der Waals surface area contributed by atoms with Crippen LogP contribution < -0.4 is 10.6 Å². The number of nitrogens with one attached hydrogen (secondary N) is 2. The van der Waals surface area contributed by atoms with E-state index in [0.717, 1.165) is 17.6 Å². The number of piperidine rings is 1. The molecule has 0 atom stereocenters. The molecule has 9 heteroatoms. The number of hydrogen-bond donors (Lipinski definition) is 2. The standard InChI is InChI=1S/C20H27ClN6O.HI/c1-22-20(24-16-9-12-27(13-10-16)17-6-7-17)23-11-8-18-25-19(26-28-18)14-2-4-15(21)5-3-14;/h2-5,16-17H,6-13H2,1H3,(H2,22,23,24);1H. The fourth-order valence-electron chi connectivity index (χ4n) is 3.60. The summed E-state index contributed by atoms with van der Waals surface area (Å²) in [4.78, 5) is 11.4. The van der Waals surface area contributed by atoms with Crippen LogP contribution in [0.4, 0.5) is 0 Å². The van der Waals surface area contributed by atoms with Crippen molar-refractivity contribution in [3.05, 3.63) is 35.2 Å². The average Bonchev–Trinajstić information content (AvgIpc) is 3.47. The molecule has 2 heterocycles. The van der Waals surface area contributed by atoms with Crippen LogP contribution in [0.25, 0.3) is 11.4 Å². The van der Waals surface area contributed by atoms with Gasteiger partial charge >= 0.3 is 0 Å². The molecule has 2 aliphatic rings. The number of hydrogen-bond acceptors (Lipinski definition) is 5. The second-order valence-electron chi connectivity index (χ2n) is 7.45. The van der Waals surface area contributed by atoms with E-state index in [1.54, 1.807) is 7.05 Å². The molecule has 158 valence electrons. The zero-order valence-corrected chi connectivity index (χ0v) is 19.7. The molecule has 1 saturated heterocycles. The van der Waals surface area contributed by atoms with Crippen LogP contribution in [-0.4, -0.2) is 59.8 Å². The number of aliphatic imine (C=N–C) groups is 1. The van der Waals surface area contributed by atoms with Crippen molar-refractivity contribution in [1.82, 2.24) is 25.7 Å². The number of benzene rings is 1. The van der Waals surface area contributed by atoms with Crippen molar-refractivity contribution in [2.45, 2.75) is 44.2 Å². The maximum absolute atomic E-state index is 5.92. The minimum absolute atomic E-state index is 0. The second kappa shape index (κ2) is 10.6. The van der Waals surface area contributed by atoms with Gasteiger partial charge in [0.15, 0.2) is 5.96 Å². The number of rotatable bonds is 6. The lowest BCUT2D eigenvalue weighted by Gasteiger charge is -2.33. The highest BCUT2D eigenvalue weighted by Crippen LogP contribution is 2.29. The zero-order valence-electron chi connectivity index (χ0n) is 16.6. The summed E-state index contributed by atoms with van der Waals surface area (Å²) in [5.41, 5.74) is 0.891. The Hall–Kier alpha value is -1.39. The average molecular weight is 531 g/mol. The maximum Gasteiger partial charge on any atom is 0.228 e. The third-order valence-corrected chi connectivity index (χ3v) is 5.61. The van der Waals surface area contributed by atoms with E-state index in [0.29, 0.717) is 35.7 Å². The Kier molecular flexibility index (Phi) is 8.14. The molecule has 0 unspecified atom stereocenters. The van der Waals surface area contributed by atoms with Crippen LogP contribution >= 0.6 is 35.6 Å². The summed E-state index contributed by atoms with van der Waals surface area (Å²) in [5, 5.41) is 11.6. The minimum Gasteiger partial charge on any atom is -0.356 e. The first kappa shape index (κ1) is 22.3. The van der Waals surface area contributed by atoms with Gasteiger partial charge in [-0.3, -0.25) is 4.99 Å². The van der Waals surface area contributed by atoms with E-state index in [4.69, 9.17) is 16.1 Å². The lowest BCUT2D eigenvalue weighted by atomic mass is 10.1. The summed E-state index contributed by atoms with van der Waals surface area (Å²) < 4.78 is 5.35. The van der Waals surface area contributed by atoms with Gasteiger partial charge in [-0.1, -0.05) is 16.8 Å². The number of aromatic nitrogens is 2. The van der Waals surface area contributed by atoms with Crippen molar-refractivity contribution in [3.63, 3.8) is 0 Å². The van der Waals surface area contributed by atoms with Crippen LogP contribution in [0.1, 0.15) is 31.6 Å². The third kappa shape index (κ3) is 6.29.